The summed E-state index contributed by atoms with van der Waals surface area (Å²) in [7, 11) is 0. The van der Waals surface area contributed by atoms with Gasteiger partial charge in [-0.2, -0.15) is 4.98 Å². The van der Waals surface area contributed by atoms with E-state index < -0.39 is 0 Å². The Hall–Kier alpha value is -1.49. The van der Waals surface area contributed by atoms with E-state index in [9.17, 15) is 0 Å². The molecule has 0 atom stereocenters. The quantitative estimate of drug-likeness (QED) is 0.854. The van der Waals surface area contributed by atoms with Crippen molar-refractivity contribution >= 4 is 17.4 Å². The Morgan fingerprint density at radius 2 is 1.95 bits per heavy atom. The molecule has 5 heteroatoms. The third-order valence-corrected chi connectivity index (χ3v) is 4.08. The van der Waals surface area contributed by atoms with Crippen molar-refractivity contribution in [3.63, 3.8) is 0 Å². The fourth-order valence-corrected chi connectivity index (χ4v) is 2.41. The minimum atomic E-state index is 0.208. The van der Waals surface area contributed by atoms with E-state index in [1.165, 1.54) is 0 Å². The van der Waals surface area contributed by atoms with Crippen molar-refractivity contribution in [2.45, 2.75) is 44.1 Å². The molecule has 108 valence electrons. The summed E-state index contributed by atoms with van der Waals surface area (Å²) in [5.74, 6) is 2.22. The topological polar surface area (TPSA) is 64.9 Å². The molecule has 2 N–H and O–H groups in total. The van der Waals surface area contributed by atoms with Crippen LogP contribution >= 0.6 is 11.8 Å². The SMILES string of the molecule is CC(C)(C)SCc1noc(CCc2ccccc2N)n1. The highest BCUT2D eigenvalue weighted by atomic mass is 32.2. The molecule has 0 saturated heterocycles. The zero-order valence-corrected chi connectivity index (χ0v) is 13.0. The summed E-state index contributed by atoms with van der Waals surface area (Å²) in [6, 6.07) is 7.87. The van der Waals surface area contributed by atoms with Gasteiger partial charge in [-0.15, -0.1) is 11.8 Å². The summed E-state index contributed by atoms with van der Waals surface area (Å²) < 4.78 is 5.48. The van der Waals surface area contributed by atoms with E-state index in [0.717, 1.165) is 35.7 Å². The molecule has 0 spiro atoms. The molecular formula is C15H21N3OS. The van der Waals surface area contributed by atoms with E-state index in [2.05, 4.69) is 30.9 Å². The van der Waals surface area contributed by atoms with Crippen molar-refractivity contribution < 1.29 is 4.52 Å². The van der Waals surface area contributed by atoms with Gasteiger partial charge in [0.25, 0.3) is 0 Å². The first-order chi connectivity index (χ1) is 9.44. The van der Waals surface area contributed by atoms with Crippen LogP contribution in [0.5, 0.6) is 0 Å². The van der Waals surface area contributed by atoms with Crippen molar-refractivity contribution in [3.8, 4) is 0 Å². The molecular weight excluding hydrogens is 270 g/mol. The lowest BCUT2D eigenvalue weighted by molar-refractivity contribution is 0.374. The molecule has 1 heterocycles. The summed E-state index contributed by atoms with van der Waals surface area (Å²) in [5.41, 5.74) is 7.85. The summed E-state index contributed by atoms with van der Waals surface area (Å²) in [6.45, 7) is 6.53. The predicted octanol–water partition coefficient (Wildman–Crippen LogP) is 3.47. The molecule has 0 saturated carbocycles. The highest BCUT2D eigenvalue weighted by molar-refractivity contribution is 7.99. The maximum Gasteiger partial charge on any atom is 0.227 e. The lowest BCUT2D eigenvalue weighted by Gasteiger charge is -2.15. The Bertz CT molecular complexity index is 560. The number of anilines is 1. The van der Waals surface area contributed by atoms with Gasteiger partial charge in [-0.05, 0) is 18.1 Å². The average molecular weight is 291 g/mol. The molecule has 1 aromatic carbocycles. The van der Waals surface area contributed by atoms with Crippen LogP contribution in [0.25, 0.3) is 0 Å². The van der Waals surface area contributed by atoms with Crippen molar-refractivity contribution in [2.24, 2.45) is 0 Å². The average Bonchev–Trinajstić information content (AvgIpc) is 2.83. The molecule has 0 aliphatic heterocycles. The molecule has 20 heavy (non-hydrogen) atoms. The number of hydrogen-bond acceptors (Lipinski definition) is 5. The van der Waals surface area contributed by atoms with Gasteiger partial charge in [-0.1, -0.05) is 44.1 Å². The molecule has 2 rings (SSSR count). The Balaban J connectivity index is 1.89. The van der Waals surface area contributed by atoms with Crippen LogP contribution < -0.4 is 5.73 Å². The molecule has 2 aromatic rings. The van der Waals surface area contributed by atoms with Gasteiger partial charge in [0.05, 0.1) is 5.75 Å². The standard InChI is InChI=1S/C15H21N3OS/c1-15(2,3)20-10-13-17-14(19-18-13)9-8-11-6-4-5-7-12(11)16/h4-7H,8-10,16H2,1-3H3. The Kier molecular flexibility index (Phi) is 4.70. The number of hydrogen-bond donors (Lipinski definition) is 1. The third-order valence-electron chi connectivity index (χ3n) is 2.81. The lowest BCUT2D eigenvalue weighted by Crippen LogP contribution is -2.07. The normalized spacial score (nSPS) is 11.8. The molecule has 0 bridgehead atoms. The monoisotopic (exact) mass is 291 g/mol. The number of aromatic nitrogens is 2. The van der Waals surface area contributed by atoms with Gasteiger partial charge >= 0.3 is 0 Å². The van der Waals surface area contributed by atoms with E-state index in [-0.39, 0.29) is 4.75 Å². The summed E-state index contributed by atoms with van der Waals surface area (Å²) >= 11 is 1.81. The molecule has 1 aromatic heterocycles. The second-order valence-electron chi connectivity index (χ2n) is 5.70. The number of para-hydroxylation sites is 1. The highest BCUT2D eigenvalue weighted by Gasteiger charge is 2.14. The predicted molar refractivity (Wildman–Crippen MR) is 83.6 cm³/mol. The number of benzene rings is 1. The van der Waals surface area contributed by atoms with E-state index in [1.807, 2.05) is 36.0 Å². The number of nitrogens with zero attached hydrogens (tertiary/aromatic N) is 2. The van der Waals surface area contributed by atoms with Gasteiger partial charge < -0.3 is 10.3 Å². The van der Waals surface area contributed by atoms with Crippen LogP contribution in [0.3, 0.4) is 0 Å². The van der Waals surface area contributed by atoms with E-state index in [1.54, 1.807) is 0 Å². The largest absolute Gasteiger partial charge is 0.399 e. The maximum absolute atomic E-state index is 5.92. The molecule has 0 aliphatic rings. The van der Waals surface area contributed by atoms with Gasteiger partial charge in [-0.25, -0.2) is 0 Å². The maximum atomic E-state index is 5.92. The molecule has 0 unspecified atom stereocenters. The van der Waals surface area contributed by atoms with Crippen molar-refractivity contribution in [3.05, 3.63) is 41.5 Å². The number of nitrogen functional groups attached to an aromatic ring is 1. The fourth-order valence-electron chi connectivity index (χ4n) is 1.73. The van der Waals surface area contributed by atoms with Crippen molar-refractivity contribution in [1.82, 2.24) is 10.1 Å². The van der Waals surface area contributed by atoms with Gasteiger partial charge in [0.2, 0.25) is 5.89 Å². The minimum absolute atomic E-state index is 0.208. The van der Waals surface area contributed by atoms with Gasteiger partial charge in [0.1, 0.15) is 0 Å². The lowest BCUT2D eigenvalue weighted by atomic mass is 10.1. The first-order valence-corrected chi connectivity index (χ1v) is 7.71. The molecule has 0 amide bonds. The van der Waals surface area contributed by atoms with Crippen molar-refractivity contribution in [2.75, 3.05) is 5.73 Å². The van der Waals surface area contributed by atoms with Crippen LogP contribution in [0.2, 0.25) is 0 Å². The van der Waals surface area contributed by atoms with Crippen LogP contribution in [0.4, 0.5) is 5.69 Å². The second kappa shape index (κ2) is 6.31. The Labute approximate surface area is 124 Å². The van der Waals surface area contributed by atoms with E-state index in [4.69, 9.17) is 10.3 Å². The number of nitrogens with two attached hydrogens (primary N) is 1. The van der Waals surface area contributed by atoms with Crippen molar-refractivity contribution in [1.29, 1.82) is 0 Å². The van der Waals surface area contributed by atoms with Gasteiger partial charge in [-0.3, -0.25) is 0 Å². The third kappa shape index (κ3) is 4.56. The molecule has 0 radical (unpaired) electrons. The van der Waals surface area contributed by atoms with Crippen LogP contribution in [0, 0.1) is 0 Å². The van der Waals surface area contributed by atoms with Crippen LogP contribution in [0.1, 0.15) is 38.0 Å². The van der Waals surface area contributed by atoms with E-state index in [0.29, 0.717) is 5.89 Å². The summed E-state index contributed by atoms with van der Waals surface area (Å²) in [6.07, 6.45) is 1.54. The fraction of sp³-hybridized carbons (Fsp3) is 0.467. The minimum Gasteiger partial charge on any atom is -0.399 e. The summed E-state index contributed by atoms with van der Waals surface area (Å²) in [5, 5.41) is 4.02. The first kappa shape index (κ1) is 14.9. The molecule has 4 nitrogen and oxygen atoms in total. The smallest absolute Gasteiger partial charge is 0.227 e. The number of thioether (sulfide) groups is 1. The van der Waals surface area contributed by atoms with Crippen LogP contribution in [-0.4, -0.2) is 14.9 Å². The Morgan fingerprint density at radius 3 is 2.65 bits per heavy atom. The number of aryl methyl sites for hydroxylation is 2. The highest BCUT2D eigenvalue weighted by Crippen LogP contribution is 2.26. The van der Waals surface area contributed by atoms with Crippen LogP contribution in [0.15, 0.2) is 28.8 Å². The zero-order chi connectivity index (χ0) is 14.6. The Morgan fingerprint density at radius 1 is 1.20 bits per heavy atom. The molecule has 0 fully saturated rings. The number of rotatable bonds is 5. The van der Waals surface area contributed by atoms with Gasteiger partial charge in [0.15, 0.2) is 5.82 Å². The second-order valence-corrected chi connectivity index (χ2v) is 7.51. The molecule has 0 aliphatic carbocycles. The van der Waals surface area contributed by atoms with Crippen LogP contribution in [-0.2, 0) is 18.6 Å². The summed E-state index contributed by atoms with van der Waals surface area (Å²) in [4.78, 5) is 4.42. The zero-order valence-electron chi connectivity index (χ0n) is 12.2. The first-order valence-electron chi connectivity index (χ1n) is 6.73. The van der Waals surface area contributed by atoms with Gasteiger partial charge in [0, 0.05) is 16.9 Å². The van der Waals surface area contributed by atoms with E-state index >= 15 is 0 Å².